The third-order valence-electron chi connectivity index (χ3n) is 4.30. The van der Waals surface area contributed by atoms with Gasteiger partial charge in [0.15, 0.2) is 6.10 Å². The van der Waals surface area contributed by atoms with Crippen molar-refractivity contribution in [1.29, 1.82) is 0 Å². The molecule has 0 fully saturated rings. The fraction of sp³-hybridized carbons (Fsp3) is 0.208. The highest BCUT2D eigenvalue weighted by Crippen LogP contribution is 2.25. The zero-order chi connectivity index (χ0) is 20.5. The monoisotopic (exact) mass is 392 g/mol. The van der Waals surface area contributed by atoms with Gasteiger partial charge in [-0.25, -0.2) is 4.79 Å². The first kappa shape index (κ1) is 20.4. The normalized spacial score (nSPS) is 11.6. The van der Waals surface area contributed by atoms with Gasteiger partial charge in [0.2, 0.25) is 0 Å². The summed E-state index contributed by atoms with van der Waals surface area (Å²) in [5, 5.41) is 9.18. The Hall–Kier alpha value is -3.31. The second-order valence-corrected chi connectivity index (χ2v) is 6.48. The molecule has 1 N–H and O–H groups in total. The van der Waals surface area contributed by atoms with E-state index < -0.39 is 12.1 Å². The van der Waals surface area contributed by atoms with Crippen molar-refractivity contribution in [2.45, 2.75) is 26.1 Å². The smallest absolute Gasteiger partial charge is 0.333 e. The van der Waals surface area contributed by atoms with E-state index in [0.717, 1.165) is 16.9 Å². The van der Waals surface area contributed by atoms with Crippen LogP contribution in [0.15, 0.2) is 78.9 Å². The minimum absolute atomic E-state index is 0.316. The molecule has 0 heterocycles. The van der Waals surface area contributed by atoms with Gasteiger partial charge in [-0.15, -0.1) is 0 Å². The molecule has 0 saturated carbocycles. The maximum atomic E-state index is 11.2. The number of carbonyl (C=O) groups is 1. The third kappa shape index (κ3) is 6.36. The van der Waals surface area contributed by atoms with Gasteiger partial charge in [-0.1, -0.05) is 42.5 Å². The van der Waals surface area contributed by atoms with Crippen molar-refractivity contribution < 1.29 is 24.1 Å². The van der Waals surface area contributed by atoms with Gasteiger partial charge >= 0.3 is 5.97 Å². The largest absolute Gasteiger partial charge is 0.489 e. The van der Waals surface area contributed by atoms with E-state index in [1.54, 1.807) is 6.92 Å². The lowest BCUT2D eigenvalue weighted by Crippen LogP contribution is -2.26. The molecule has 1 unspecified atom stereocenters. The predicted molar refractivity (Wildman–Crippen MR) is 110 cm³/mol. The number of rotatable bonds is 10. The van der Waals surface area contributed by atoms with Crippen LogP contribution >= 0.6 is 0 Å². The number of hydrogen-bond donors (Lipinski definition) is 1. The minimum Gasteiger partial charge on any atom is -0.489 e. The first-order chi connectivity index (χ1) is 14.1. The number of carboxylic acid groups (broad SMARTS) is 1. The number of ether oxygens (including phenoxy) is 3. The summed E-state index contributed by atoms with van der Waals surface area (Å²) in [6, 6.07) is 24.8. The van der Waals surface area contributed by atoms with Crippen molar-refractivity contribution in [3.63, 3.8) is 0 Å². The fourth-order valence-corrected chi connectivity index (χ4v) is 2.81. The van der Waals surface area contributed by atoms with Crippen molar-refractivity contribution in [2.24, 2.45) is 0 Å². The molecular weight excluding hydrogens is 368 g/mol. The van der Waals surface area contributed by atoms with E-state index in [9.17, 15) is 9.90 Å². The molecule has 0 aliphatic rings. The molecular formula is C24H24O5. The van der Waals surface area contributed by atoms with Gasteiger partial charge in [0.1, 0.15) is 23.9 Å². The van der Waals surface area contributed by atoms with Crippen LogP contribution in [-0.2, 0) is 22.6 Å². The topological polar surface area (TPSA) is 65.0 Å². The average Bonchev–Trinajstić information content (AvgIpc) is 2.75. The highest BCUT2D eigenvalue weighted by Gasteiger charge is 2.17. The summed E-state index contributed by atoms with van der Waals surface area (Å²) in [6.45, 7) is 2.66. The number of carboxylic acids is 1. The van der Waals surface area contributed by atoms with Gasteiger partial charge in [-0.05, 0) is 54.4 Å². The summed E-state index contributed by atoms with van der Waals surface area (Å²) in [6.07, 6.45) is -0.521. The molecule has 3 aromatic carbocycles. The molecule has 0 spiro atoms. The van der Waals surface area contributed by atoms with Crippen molar-refractivity contribution in [2.75, 3.05) is 6.61 Å². The van der Waals surface area contributed by atoms with Crippen LogP contribution in [0.25, 0.3) is 0 Å². The second kappa shape index (κ2) is 10.3. The molecule has 0 saturated heterocycles. The summed E-state index contributed by atoms with van der Waals surface area (Å²) in [4.78, 5) is 11.2. The zero-order valence-corrected chi connectivity index (χ0v) is 16.3. The number of benzene rings is 3. The van der Waals surface area contributed by atoms with Gasteiger partial charge in [-0.2, -0.15) is 0 Å². The Morgan fingerprint density at radius 1 is 0.828 bits per heavy atom. The Morgan fingerprint density at radius 3 is 2.00 bits per heavy atom. The highest BCUT2D eigenvalue weighted by molar-refractivity contribution is 5.72. The van der Waals surface area contributed by atoms with Crippen molar-refractivity contribution >= 4 is 5.97 Å². The molecule has 150 valence electrons. The Morgan fingerprint density at radius 2 is 1.41 bits per heavy atom. The SMILES string of the molecule is CCOC(Cc1ccc(Oc2ccc(OCc3ccccc3)cc2)cc1)C(=O)O. The Bertz CT molecular complexity index is 889. The Balaban J connectivity index is 1.54. The lowest BCUT2D eigenvalue weighted by Gasteiger charge is -2.13. The van der Waals surface area contributed by atoms with Crippen LogP contribution in [0.2, 0.25) is 0 Å². The second-order valence-electron chi connectivity index (χ2n) is 6.48. The van der Waals surface area contributed by atoms with E-state index in [0.29, 0.717) is 31.1 Å². The van der Waals surface area contributed by atoms with E-state index in [1.165, 1.54) is 0 Å². The molecule has 0 radical (unpaired) electrons. The molecule has 29 heavy (non-hydrogen) atoms. The van der Waals surface area contributed by atoms with Gasteiger partial charge in [0.25, 0.3) is 0 Å². The average molecular weight is 392 g/mol. The predicted octanol–water partition coefficient (Wildman–Crippen LogP) is 5.09. The molecule has 1 atom stereocenters. The van der Waals surface area contributed by atoms with Gasteiger partial charge in [0.05, 0.1) is 0 Å². The maximum Gasteiger partial charge on any atom is 0.333 e. The molecule has 3 aromatic rings. The van der Waals surface area contributed by atoms with Gasteiger partial charge in [-0.3, -0.25) is 0 Å². The molecule has 0 bridgehead atoms. The quantitative estimate of drug-likeness (QED) is 0.521. The lowest BCUT2D eigenvalue weighted by molar-refractivity contribution is -0.149. The van der Waals surface area contributed by atoms with E-state index in [1.807, 2.05) is 78.9 Å². The third-order valence-corrected chi connectivity index (χ3v) is 4.30. The van der Waals surface area contributed by atoms with Gasteiger partial charge in [0, 0.05) is 13.0 Å². The molecule has 5 nitrogen and oxygen atoms in total. The lowest BCUT2D eigenvalue weighted by atomic mass is 10.1. The Kier molecular flexibility index (Phi) is 7.25. The summed E-state index contributed by atoms with van der Waals surface area (Å²) < 4.78 is 16.9. The molecule has 0 aliphatic heterocycles. The summed E-state index contributed by atoms with van der Waals surface area (Å²) in [7, 11) is 0. The number of hydrogen-bond acceptors (Lipinski definition) is 4. The Labute approximate surface area is 170 Å². The van der Waals surface area contributed by atoms with Crippen LogP contribution in [-0.4, -0.2) is 23.8 Å². The fourth-order valence-electron chi connectivity index (χ4n) is 2.81. The highest BCUT2D eigenvalue weighted by atomic mass is 16.5. The summed E-state index contributed by atoms with van der Waals surface area (Å²) >= 11 is 0. The van der Waals surface area contributed by atoms with Crippen LogP contribution in [0.1, 0.15) is 18.1 Å². The first-order valence-corrected chi connectivity index (χ1v) is 9.52. The molecule has 0 aliphatic carbocycles. The van der Waals surface area contributed by atoms with Crippen LogP contribution in [0.4, 0.5) is 0 Å². The van der Waals surface area contributed by atoms with E-state index in [2.05, 4.69) is 0 Å². The molecule has 3 rings (SSSR count). The van der Waals surface area contributed by atoms with Crippen LogP contribution in [0, 0.1) is 0 Å². The summed E-state index contributed by atoms with van der Waals surface area (Å²) in [5.74, 6) is 1.19. The van der Waals surface area contributed by atoms with Crippen molar-refractivity contribution in [3.05, 3.63) is 90.0 Å². The van der Waals surface area contributed by atoms with E-state index >= 15 is 0 Å². The minimum atomic E-state index is -0.957. The zero-order valence-electron chi connectivity index (χ0n) is 16.3. The molecule has 0 aromatic heterocycles. The van der Waals surface area contributed by atoms with Crippen molar-refractivity contribution in [3.8, 4) is 17.2 Å². The van der Waals surface area contributed by atoms with E-state index in [4.69, 9.17) is 14.2 Å². The standard InChI is InChI=1S/C24H24O5/c1-2-27-23(24(25)26)16-18-8-10-21(11-9-18)29-22-14-12-20(13-15-22)28-17-19-6-4-3-5-7-19/h3-15,23H,2,16-17H2,1H3,(H,25,26). The van der Waals surface area contributed by atoms with E-state index in [-0.39, 0.29) is 0 Å². The van der Waals surface area contributed by atoms with Gasteiger partial charge < -0.3 is 19.3 Å². The molecule has 0 amide bonds. The maximum absolute atomic E-state index is 11.2. The molecule has 5 heteroatoms. The van der Waals surface area contributed by atoms with Crippen molar-refractivity contribution in [1.82, 2.24) is 0 Å². The number of aliphatic carboxylic acids is 1. The van der Waals surface area contributed by atoms with Crippen LogP contribution < -0.4 is 9.47 Å². The summed E-state index contributed by atoms with van der Waals surface area (Å²) in [5.41, 5.74) is 1.99. The van der Waals surface area contributed by atoms with Crippen LogP contribution in [0.3, 0.4) is 0 Å². The van der Waals surface area contributed by atoms with Crippen LogP contribution in [0.5, 0.6) is 17.2 Å². The first-order valence-electron chi connectivity index (χ1n) is 9.52.